The molecule has 0 saturated carbocycles. The molecule has 0 aliphatic carbocycles. The lowest BCUT2D eigenvalue weighted by Crippen LogP contribution is -2.46. The van der Waals surface area contributed by atoms with Crippen LogP contribution < -0.4 is 14.8 Å². The van der Waals surface area contributed by atoms with E-state index in [1.165, 1.54) is 26.4 Å². The molecule has 0 spiro atoms. The lowest BCUT2D eigenvalue weighted by atomic mass is 10.1. The van der Waals surface area contributed by atoms with E-state index < -0.39 is 19.8 Å². The van der Waals surface area contributed by atoms with E-state index in [0.717, 1.165) is 6.42 Å². The first-order valence-corrected chi connectivity index (χ1v) is 16.3. The summed E-state index contributed by atoms with van der Waals surface area (Å²) in [6.45, 7) is 10.7. The molecule has 15 nitrogen and oxygen atoms in total. The molecule has 0 unspecified atom stereocenters. The van der Waals surface area contributed by atoms with E-state index in [0.29, 0.717) is 72.1 Å². The fraction of sp³-hybridized carbons (Fsp3) is 0.741. The zero-order valence-corrected chi connectivity index (χ0v) is 27.0. The molecule has 1 N–H and O–H groups in total. The van der Waals surface area contributed by atoms with Crippen LogP contribution in [0.4, 0.5) is 10.5 Å². The Hall–Kier alpha value is -2.57. The molecule has 0 saturated heterocycles. The van der Waals surface area contributed by atoms with Crippen LogP contribution in [0.5, 0.6) is 11.5 Å². The molecule has 1 rings (SSSR count). The maximum Gasteiger partial charge on any atom is 0.501 e. The van der Waals surface area contributed by atoms with Gasteiger partial charge in [0.25, 0.3) is 5.69 Å². The number of hydrogen-bond acceptors (Lipinski definition) is 13. The molecular formula is C27H48N2O13Si. The number of nitrogens with zero attached hydrogens (tertiary/aromatic N) is 1. The topological polar surface area (TPSA) is 165 Å². The number of carbonyl (C=O) groups is 1. The highest BCUT2D eigenvalue weighted by atomic mass is 28.4. The third kappa shape index (κ3) is 16.2. The van der Waals surface area contributed by atoms with Crippen molar-refractivity contribution in [2.24, 2.45) is 0 Å². The Morgan fingerprint density at radius 2 is 1.28 bits per heavy atom. The van der Waals surface area contributed by atoms with Crippen molar-refractivity contribution in [1.82, 2.24) is 5.32 Å². The Balaban J connectivity index is 2.04. The third-order valence-electron chi connectivity index (χ3n) is 5.64. The van der Waals surface area contributed by atoms with E-state index in [-0.39, 0.29) is 42.5 Å². The van der Waals surface area contributed by atoms with Gasteiger partial charge in [-0.05, 0) is 33.3 Å². The van der Waals surface area contributed by atoms with Crippen LogP contribution in [0.15, 0.2) is 12.1 Å². The van der Waals surface area contributed by atoms with Gasteiger partial charge in [0.05, 0.1) is 77.0 Å². The average Bonchev–Trinajstić information content (AvgIpc) is 2.99. The fourth-order valence-corrected chi connectivity index (χ4v) is 6.35. The van der Waals surface area contributed by atoms with Crippen LogP contribution in [0.25, 0.3) is 0 Å². The van der Waals surface area contributed by atoms with Crippen LogP contribution in [0, 0.1) is 10.1 Å². The molecule has 1 amide bonds. The van der Waals surface area contributed by atoms with Crippen molar-refractivity contribution in [2.75, 3.05) is 93.4 Å². The Bertz CT molecular complexity index is 893. The van der Waals surface area contributed by atoms with Crippen LogP contribution >= 0.6 is 0 Å². The van der Waals surface area contributed by atoms with Gasteiger partial charge in [0.2, 0.25) is 0 Å². The van der Waals surface area contributed by atoms with Crippen molar-refractivity contribution in [3.05, 3.63) is 27.8 Å². The maximum atomic E-state index is 11.9. The summed E-state index contributed by atoms with van der Waals surface area (Å²) in [6, 6.07) is 3.33. The molecule has 1 aromatic carbocycles. The van der Waals surface area contributed by atoms with Gasteiger partial charge in [0.1, 0.15) is 6.61 Å². The summed E-state index contributed by atoms with van der Waals surface area (Å²) < 4.78 is 54.8. The monoisotopic (exact) mass is 636 g/mol. The summed E-state index contributed by atoms with van der Waals surface area (Å²) in [6.07, 6.45) is 0.0532. The minimum absolute atomic E-state index is 0.171. The van der Waals surface area contributed by atoms with E-state index in [2.05, 4.69) is 5.32 Å². The quantitative estimate of drug-likeness (QED) is 0.0648. The Kier molecular flexibility index (Phi) is 21.3. The first-order chi connectivity index (χ1) is 20.9. The second-order valence-corrected chi connectivity index (χ2v) is 11.4. The number of nitro groups is 1. The first-order valence-electron chi connectivity index (χ1n) is 14.4. The zero-order chi connectivity index (χ0) is 31.8. The lowest BCUT2D eigenvalue weighted by molar-refractivity contribution is -0.385. The fourth-order valence-electron chi connectivity index (χ4n) is 3.77. The maximum absolute atomic E-state index is 11.9. The van der Waals surface area contributed by atoms with Gasteiger partial charge in [-0.15, -0.1) is 0 Å². The van der Waals surface area contributed by atoms with E-state index in [1.54, 1.807) is 0 Å². The normalized spacial score (nSPS) is 11.4. The molecule has 0 fully saturated rings. The van der Waals surface area contributed by atoms with Gasteiger partial charge < -0.3 is 51.8 Å². The summed E-state index contributed by atoms with van der Waals surface area (Å²) in [5.41, 5.74) is -0.0744. The van der Waals surface area contributed by atoms with Gasteiger partial charge in [0, 0.05) is 39.0 Å². The largest absolute Gasteiger partial charge is 0.501 e. The summed E-state index contributed by atoms with van der Waals surface area (Å²) in [5.74, 6) is 0.494. The van der Waals surface area contributed by atoms with Gasteiger partial charge in [-0.2, -0.15) is 0 Å². The summed E-state index contributed by atoms with van der Waals surface area (Å²) in [7, 11) is 0.161. The van der Waals surface area contributed by atoms with Crippen molar-refractivity contribution < 1.29 is 56.2 Å². The Morgan fingerprint density at radius 3 is 1.77 bits per heavy atom. The Morgan fingerprint density at radius 1 is 0.791 bits per heavy atom. The van der Waals surface area contributed by atoms with Crippen molar-refractivity contribution >= 4 is 20.6 Å². The van der Waals surface area contributed by atoms with E-state index >= 15 is 0 Å². The molecule has 0 atom stereocenters. The minimum atomic E-state index is -2.62. The molecule has 43 heavy (non-hydrogen) atoms. The highest BCUT2D eigenvalue weighted by Crippen LogP contribution is 2.34. The van der Waals surface area contributed by atoms with Crippen LogP contribution in [-0.2, 0) is 43.6 Å². The number of carbonyl (C=O) groups excluding carboxylic acids is 1. The Labute approximate surface area is 254 Å². The third-order valence-corrected chi connectivity index (χ3v) is 8.79. The molecular weight excluding hydrogens is 588 g/mol. The van der Waals surface area contributed by atoms with Crippen molar-refractivity contribution in [3.8, 4) is 11.5 Å². The van der Waals surface area contributed by atoms with Gasteiger partial charge in [0.15, 0.2) is 11.5 Å². The van der Waals surface area contributed by atoms with Crippen molar-refractivity contribution in [1.29, 1.82) is 0 Å². The van der Waals surface area contributed by atoms with Gasteiger partial charge in [-0.3, -0.25) is 10.1 Å². The van der Waals surface area contributed by atoms with E-state index in [4.69, 9.17) is 46.4 Å². The summed E-state index contributed by atoms with van der Waals surface area (Å²) in [4.78, 5) is 22.7. The number of methoxy groups -OCH3 is 2. The molecule has 0 bridgehead atoms. The van der Waals surface area contributed by atoms with Crippen LogP contribution in [0.3, 0.4) is 0 Å². The molecule has 1 aromatic rings. The number of alkyl carbamates (subject to hydrolysis) is 1. The average molecular weight is 637 g/mol. The molecule has 0 radical (unpaired) electrons. The SMILES string of the molecule is CCO[Si](CCCOCCOCCOCCOCCNC(=O)OCc1cc(OC)c(OC)cc1[N+](=O)[O-])(OCC)OCC. The standard InChI is InChI=1S/C27H48N2O13Si/c1-6-40-43(41-7-2,42-8-3)19-9-11-35-13-15-37-17-18-38-16-14-36-12-10-28-27(30)39-22-23-20-25(33-4)26(34-5)21-24(23)29(31)32/h20-21H,6-19,22H2,1-5H3,(H,28,30). The van der Waals surface area contributed by atoms with Crippen LogP contribution in [0.1, 0.15) is 32.8 Å². The summed E-state index contributed by atoms with van der Waals surface area (Å²) >= 11 is 0. The molecule has 16 heteroatoms. The first kappa shape index (κ1) is 38.5. The number of hydrogen-bond donors (Lipinski definition) is 1. The van der Waals surface area contributed by atoms with E-state index in [9.17, 15) is 14.9 Å². The molecule has 0 aliphatic heterocycles. The number of ether oxygens (including phenoxy) is 7. The highest BCUT2D eigenvalue weighted by molar-refractivity contribution is 6.60. The number of benzene rings is 1. The lowest BCUT2D eigenvalue weighted by Gasteiger charge is -2.28. The predicted molar refractivity (Wildman–Crippen MR) is 158 cm³/mol. The number of nitrogens with one attached hydrogen (secondary N) is 1. The van der Waals surface area contributed by atoms with Crippen LogP contribution in [0.2, 0.25) is 6.04 Å². The van der Waals surface area contributed by atoms with E-state index in [1.807, 2.05) is 20.8 Å². The van der Waals surface area contributed by atoms with Gasteiger partial charge in [-0.25, -0.2) is 4.79 Å². The molecule has 248 valence electrons. The molecule has 0 heterocycles. The second kappa shape index (κ2) is 23.8. The smallest absolute Gasteiger partial charge is 0.493 e. The van der Waals surface area contributed by atoms with Crippen molar-refractivity contribution in [3.63, 3.8) is 0 Å². The minimum Gasteiger partial charge on any atom is -0.493 e. The highest BCUT2D eigenvalue weighted by Gasteiger charge is 2.39. The van der Waals surface area contributed by atoms with Crippen molar-refractivity contribution in [2.45, 2.75) is 39.8 Å². The predicted octanol–water partition coefficient (Wildman–Crippen LogP) is 3.34. The van der Waals surface area contributed by atoms with Gasteiger partial charge >= 0.3 is 14.9 Å². The number of amides is 1. The summed E-state index contributed by atoms with van der Waals surface area (Å²) in [5, 5.41) is 13.9. The molecule has 0 aromatic heterocycles. The second-order valence-electron chi connectivity index (χ2n) is 8.63. The van der Waals surface area contributed by atoms with Crippen LogP contribution in [-0.4, -0.2) is 113 Å². The van der Waals surface area contributed by atoms with Gasteiger partial charge in [-0.1, -0.05) is 0 Å². The number of rotatable bonds is 27. The molecule has 0 aliphatic rings. The zero-order valence-electron chi connectivity index (χ0n) is 26.0. The number of nitro benzene ring substituents is 1.